The SMILES string of the molecule is C=CC(=O)OCCCCOc1c(C)cc(C(=O)O)c(-c2ccc(-c3c(C(=O)O)cc(C)c(OCCCCOC(=O)C=C)c3C)c(C)c2)c1C. The topological polar surface area (TPSA) is 146 Å². The zero-order valence-electron chi connectivity index (χ0n) is 28.8. The number of carbonyl (C=O) groups excluding carboxylic acids is 2. The van der Waals surface area contributed by atoms with Crippen LogP contribution in [0.2, 0.25) is 0 Å². The van der Waals surface area contributed by atoms with Gasteiger partial charge < -0.3 is 29.2 Å². The summed E-state index contributed by atoms with van der Waals surface area (Å²) in [7, 11) is 0. The molecule has 0 aliphatic carbocycles. The minimum absolute atomic E-state index is 0.124. The van der Waals surface area contributed by atoms with Gasteiger partial charge in [-0.2, -0.15) is 0 Å². The average Bonchev–Trinajstić information content (AvgIpc) is 3.06. The Morgan fingerprint density at radius 1 is 0.612 bits per heavy atom. The third-order valence-electron chi connectivity index (χ3n) is 8.05. The number of carboxylic acids is 2. The third-order valence-corrected chi connectivity index (χ3v) is 8.05. The number of carboxylic acid groups (broad SMARTS) is 2. The van der Waals surface area contributed by atoms with Gasteiger partial charge in [-0.25, -0.2) is 19.2 Å². The summed E-state index contributed by atoms with van der Waals surface area (Å²) in [6, 6.07) is 8.64. The van der Waals surface area contributed by atoms with Crippen LogP contribution in [0.25, 0.3) is 22.3 Å². The van der Waals surface area contributed by atoms with Crippen LogP contribution in [0.3, 0.4) is 0 Å². The molecule has 49 heavy (non-hydrogen) atoms. The number of aryl methyl sites for hydroxylation is 3. The van der Waals surface area contributed by atoms with E-state index in [1.54, 1.807) is 32.0 Å². The van der Waals surface area contributed by atoms with Crippen LogP contribution in [-0.4, -0.2) is 60.5 Å². The van der Waals surface area contributed by atoms with E-state index in [0.29, 0.717) is 94.9 Å². The smallest absolute Gasteiger partial charge is 0.336 e. The maximum atomic E-state index is 12.5. The lowest BCUT2D eigenvalue weighted by Gasteiger charge is -2.21. The number of aromatic carboxylic acids is 2. The van der Waals surface area contributed by atoms with Crippen LogP contribution < -0.4 is 9.47 Å². The number of ether oxygens (including phenoxy) is 4. The van der Waals surface area contributed by atoms with E-state index in [1.807, 2.05) is 32.9 Å². The summed E-state index contributed by atoms with van der Waals surface area (Å²) in [5.74, 6) is -1.97. The zero-order valence-corrected chi connectivity index (χ0v) is 28.8. The van der Waals surface area contributed by atoms with Crippen molar-refractivity contribution in [3.63, 3.8) is 0 Å². The van der Waals surface area contributed by atoms with Gasteiger partial charge in [-0.1, -0.05) is 31.4 Å². The summed E-state index contributed by atoms with van der Waals surface area (Å²) in [6.07, 6.45) is 4.64. The van der Waals surface area contributed by atoms with Gasteiger partial charge >= 0.3 is 23.9 Å². The van der Waals surface area contributed by atoms with Crippen molar-refractivity contribution < 1.29 is 48.3 Å². The molecule has 0 unspecified atom stereocenters. The number of rotatable bonds is 18. The Bertz CT molecular complexity index is 1750. The van der Waals surface area contributed by atoms with E-state index in [9.17, 15) is 29.4 Å². The molecule has 0 aromatic heterocycles. The van der Waals surface area contributed by atoms with E-state index in [2.05, 4.69) is 13.2 Å². The molecule has 0 aliphatic rings. The Morgan fingerprint density at radius 2 is 1.04 bits per heavy atom. The van der Waals surface area contributed by atoms with Crippen LogP contribution in [0, 0.1) is 34.6 Å². The van der Waals surface area contributed by atoms with Gasteiger partial charge in [-0.15, -0.1) is 0 Å². The van der Waals surface area contributed by atoms with Gasteiger partial charge in [-0.3, -0.25) is 0 Å². The second-order valence-electron chi connectivity index (χ2n) is 11.6. The first-order valence-corrected chi connectivity index (χ1v) is 16.0. The van der Waals surface area contributed by atoms with Crippen LogP contribution in [0.15, 0.2) is 55.6 Å². The molecule has 10 nitrogen and oxygen atoms in total. The molecule has 0 saturated carbocycles. The number of hydrogen-bond donors (Lipinski definition) is 2. The average molecular weight is 673 g/mol. The highest BCUT2D eigenvalue weighted by Crippen LogP contribution is 2.41. The lowest BCUT2D eigenvalue weighted by molar-refractivity contribution is -0.138. The van der Waals surface area contributed by atoms with Crippen LogP contribution in [0.5, 0.6) is 11.5 Å². The quantitative estimate of drug-likeness (QED) is 0.0782. The van der Waals surface area contributed by atoms with Crippen molar-refractivity contribution in [3.05, 3.63) is 94.6 Å². The lowest BCUT2D eigenvalue weighted by atomic mass is 9.86. The van der Waals surface area contributed by atoms with E-state index in [-0.39, 0.29) is 24.3 Å². The first kappa shape index (κ1) is 38.1. The zero-order chi connectivity index (χ0) is 36.2. The fraction of sp³-hybridized carbons (Fsp3) is 0.333. The number of hydrogen-bond acceptors (Lipinski definition) is 8. The predicted octanol–water partition coefficient (Wildman–Crippen LogP) is 7.74. The van der Waals surface area contributed by atoms with E-state index in [0.717, 1.165) is 17.7 Å². The third kappa shape index (κ3) is 9.59. The number of esters is 2. The molecule has 0 saturated heterocycles. The highest BCUT2D eigenvalue weighted by molar-refractivity contribution is 6.00. The Balaban J connectivity index is 1.95. The Morgan fingerprint density at radius 3 is 1.47 bits per heavy atom. The van der Waals surface area contributed by atoms with Gasteiger partial charge in [0, 0.05) is 23.3 Å². The molecular formula is C39H44O10. The summed E-state index contributed by atoms with van der Waals surface area (Å²) in [5, 5.41) is 20.3. The van der Waals surface area contributed by atoms with E-state index in [1.165, 1.54) is 0 Å². The summed E-state index contributed by atoms with van der Waals surface area (Å²) >= 11 is 0. The summed E-state index contributed by atoms with van der Waals surface area (Å²) < 4.78 is 22.3. The van der Waals surface area contributed by atoms with Crippen molar-refractivity contribution in [2.75, 3.05) is 26.4 Å². The molecule has 0 radical (unpaired) electrons. The first-order valence-electron chi connectivity index (χ1n) is 16.0. The summed E-state index contributed by atoms with van der Waals surface area (Å²) in [4.78, 5) is 47.4. The minimum Gasteiger partial charge on any atom is -0.493 e. The van der Waals surface area contributed by atoms with Crippen LogP contribution in [0.4, 0.5) is 0 Å². The molecule has 3 rings (SSSR count). The highest BCUT2D eigenvalue weighted by Gasteiger charge is 2.24. The van der Waals surface area contributed by atoms with E-state index in [4.69, 9.17) is 18.9 Å². The molecule has 0 aliphatic heterocycles. The van der Waals surface area contributed by atoms with Gasteiger partial charge in [0.05, 0.1) is 37.6 Å². The van der Waals surface area contributed by atoms with Gasteiger partial charge in [0.25, 0.3) is 0 Å². The maximum Gasteiger partial charge on any atom is 0.336 e. The Labute approximate surface area is 287 Å². The van der Waals surface area contributed by atoms with Crippen LogP contribution in [-0.2, 0) is 19.1 Å². The standard InChI is InChI=1S/C39H44O10/c1-8-32(40)46-16-10-12-18-48-36-24(4)21-30(38(42)43)34(26(36)6)28-14-15-29(23(3)20-28)35-27(7)37(25(5)22-31(35)39(44)45)49-19-13-11-17-47-33(41)9-2/h8-9,14-15,20-22H,1-2,10-13,16-19H2,3-7H3,(H,42,43)(H,44,45). The van der Waals surface area contributed by atoms with Crippen molar-refractivity contribution in [2.24, 2.45) is 0 Å². The van der Waals surface area contributed by atoms with E-state index >= 15 is 0 Å². The predicted molar refractivity (Wildman–Crippen MR) is 187 cm³/mol. The maximum absolute atomic E-state index is 12.5. The van der Waals surface area contributed by atoms with Gasteiger partial charge in [0.2, 0.25) is 0 Å². The monoisotopic (exact) mass is 672 g/mol. The fourth-order valence-electron chi connectivity index (χ4n) is 5.75. The molecule has 260 valence electrons. The van der Waals surface area contributed by atoms with Gasteiger partial charge in [-0.05, 0) is 111 Å². The van der Waals surface area contributed by atoms with Crippen LogP contribution in [0.1, 0.15) is 74.2 Å². The second-order valence-corrected chi connectivity index (χ2v) is 11.6. The second kappa shape index (κ2) is 17.7. The molecule has 2 N–H and O–H groups in total. The number of unbranched alkanes of at least 4 members (excludes halogenated alkanes) is 2. The number of benzene rings is 3. The van der Waals surface area contributed by atoms with Crippen molar-refractivity contribution in [2.45, 2.75) is 60.3 Å². The fourth-order valence-corrected chi connectivity index (χ4v) is 5.75. The van der Waals surface area contributed by atoms with Gasteiger partial charge in [0.15, 0.2) is 0 Å². The largest absolute Gasteiger partial charge is 0.493 e. The molecule has 0 bridgehead atoms. The van der Waals surface area contributed by atoms with Crippen molar-refractivity contribution in [1.82, 2.24) is 0 Å². The first-order chi connectivity index (χ1) is 23.3. The number of carbonyl (C=O) groups is 4. The Kier molecular flexibility index (Phi) is 13.7. The molecule has 0 atom stereocenters. The van der Waals surface area contributed by atoms with Crippen molar-refractivity contribution in [3.8, 4) is 33.8 Å². The van der Waals surface area contributed by atoms with Gasteiger partial charge in [0.1, 0.15) is 11.5 Å². The molecule has 3 aromatic carbocycles. The summed E-state index contributed by atoms with van der Waals surface area (Å²) in [6.45, 7) is 17.0. The Hall–Kier alpha value is -5.38. The van der Waals surface area contributed by atoms with Crippen molar-refractivity contribution in [1.29, 1.82) is 0 Å². The summed E-state index contributed by atoms with van der Waals surface area (Å²) in [5.41, 5.74) is 6.02. The molecule has 3 aromatic rings. The van der Waals surface area contributed by atoms with E-state index < -0.39 is 23.9 Å². The molecule has 0 amide bonds. The minimum atomic E-state index is -1.08. The normalized spacial score (nSPS) is 10.6. The highest BCUT2D eigenvalue weighted by atomic mass is 16.5. The molecule has 0 fully saturated rings. The van der Waals surface area contributed by atoms with Crippen LogP contribution >= 0.6 is 0 Å². The molecule has 10 heteroatoms. The van der Waals surface area contributed by atoms with Crippen molar-refractivity contribution >= 4 is 23.9 Å². The lowest BCUT2D eigenvalue weighted by Crippen LogP contribution is -2.09. The molecule has 0 heterocycles. The molecular weight excluding hydrogens is 628 g/mol. The molecule has 0 spiro atoms.